The number of carbonyl (C=O) groups excluding carboxylic acids is 1. The van der Waals surface area contributed by atoms with E-state index in [4.69, 9.17) is 9.15 Å². The van der Waals surface area contributed by atoms with Crippen molar-refractivity contribution >= 4 is 16.9 Å². The van der Waals surface area contributed by atoms with Crippen LogP contribution in [0.25, 0.3) is 11.0 Å². The average molecular weight is 299 g/mol. The number of hydrogen-bond donors (Lipinski definition) is 0. The van der Waals surface area contributed by atoms with E-state index in [9.17, 15) is 4.79 Å². The molecule has 1 aromatic carbocycles. The van der Waals surface area contributed by atoms with Crippen LogP contribution in [0.2, 0.25) is 0 Å². The lowest BCUT2D eigenvalue weighted by Crippen LogP contribution is -2.44. The molecule has 4 heteroatoms. The number of aryl methyl sites for hydroxylation is 1. The summed E-state index contributed by atoms with van der Waals surface area (Å²) in [4.78, 5) is 14.8. The minimum atomic E-state index is 0.0201. The maximum absolute atomic E-state index is 12.9. The molecule has 0 aliphatic carbocycles. The molecular formula is C18H21NO3. The number of nitrogens with zero attached hydrogens (tertiary/aromatic N) is 1. The minimum absolute atomic E-state index is 0.0201. The summed E-state index contributed by atoms with van der Waals surface area (Å²) in [7, 11) is 0. The SMILES string of the molecule is Cc1c(C(=O)N2CC[C@@H]3O[C@@H](C)C[C@@H]3C2)oc2ccccc12. The highest BCUT2D eigenvalue weighted by molar-refractivity contribution is 5.98. The van der Waals surface area contributed by atoms with Gasteiger partial charge < -0.3 is 14.1 Å². The van der Waals surface area contributed by atoms with Gasteiger partial charge in [-0.25, -0.2) is 0 Å². The number of rotatable bonds is 1. The van der Waals surface area contributed by atoms with Crippen LogP contribution in [0.4, 0.5) is 0 Å². The molecule has 2 aliphatic heterocycles. The van der Waals surface area contributed by atoms with Gasteiger partial charge in [-0.2, -0.15) is 0 Å². The molecule has 3 atom stereocenters. The van der Waals surface area contributed by atoms with E-state index in [1.54, 1.807) is 0 Å². The Morgan fingerprint density at radius 1 is 1.32 bits per heavy atom. The van der Waals surface area contributed by atoms with E-state index in [-0.39, 0.29) is 5.91 Å². The number of carbonyl (C=O) groups is 1. The van der Waals surface area contributed by atoms with Crippen molar-refractivity contribution in [2.24, 2.45) is 5.92 Å². The van der Waals surface area contributed by atoms with Crippen molar-refractivity contribution in [2.45, 2.75) is 38.9 Å². The van der Waals surface area contributed by atoms with Crippen LogP contribution in [0.1, 0.15) is 35.9 Å². The number of likely N-dealkylation sites (tertiary alicyclic amines) is 1. The monoisotopic (exact) mass is 299 g/mol. The van der Waals surface area contributed by atoms with Crippen molar-refractivity contribution < 1.29 is 13.9 Å². The van der Waals surface area contributed by atoms with Gasteiger partial charge in [0.15, 0.2) is 5.76 Å². The van der Waals surface area contributed by atoms with E-state index in [1.807, 2.05) is 36.1 Å². The van der Waals surface area contributed by atoms with Crippen LogP contribution in [-0.4, -0.2) is 36.1 Å². The molecule has 22 heavy (non-hydrogen) atoms. The van der Waals surface area contributed by atoms with Crippen LogP contribution < -0.4 is 0 Å². The van der Waals surface area contributed by atoms with E-state index in [0.717, 1.165) is 42.5 Å². The Balaban J connectivity index is 1.60. The molecule has 2 aliphatic rings. The molecule has 4 rings (SSSR count). The first kappa shape index (κ1) is 13.8. The highest BCUT2D eigenvalue weighted by Gasteiger charge is 2.39. The molecule has 116 valence electrons. The largest absolute Gasteiger partial charge is 0.451 e. The standard InChI is InChI=1S/C18H21NO3/c1-11-9-13-10-19(8-7-15(13)21-11)18(20)17-12(2)14-5-3-4-6-16(14)22-17/h3-6,11,13,15H,7-10H2,1-2H3/t11-,13+,15-/m0/s1. The van der Waals surface area contributed by atoms with Gasteiger partial charge in [-0.05, 0) is 32.8 Å². The van der Waals surface area contributed by atoms with Gasteiger partial charge in [0, 0.05) is 30.0 Å². The van der Waals surface area contributed by atoms with Crippen molar-refractivity contribution in [1.82, 2.24) is 4.90 Å². The molecular weight excluding hydrogens is 278 g/mol. The van der Waals surface area contributed by atoms with Crippen LogP contribution in [0.15, 0.2) is 28.7 Å². The van der Waals surface area contributed by atoms with Crippen LogP contribution >= 0.6 is 0 Å². The highest BCUT2D eigenvalue weighted by Crippen LogP contribution is 2.34. The second kappa shape index (κ2) is 5.13. The van der Waals surface area contributed by atoms with Crippen molar-refractivity contribution in [3.8, 4) is 0 Å². The van der Waals surface area contributed by atoms with Crippen molar-refractivity contribution in [3.05, 3.63) is 35.6 Å². The Bertz CT molecular complexity index is 720. The summed E-state index contributed by atoms with van der Waals surface area (Å²) in [5.41, 5.74) is 1.73. The number of amides is 1. The zero-order valence-electron chi connectivity index (χ0n) is 13.0. The summed E-state index contributed by atoms with van der Waals surface area (Å²) in [5.74, 6) is 0.982. The average Bonchev–Trinajstić information content (AvgIpc) is 3.05. The zero-order chi connectivity index (χ0) is 15.3. The zero-order valence-corrected chi connectivity index (χ0v) is 13.0. The fraction of sp³-hybridized carbons (Fsp3) is 0.500. The first-order valence-corrected chi connectivity index (χ1v) is 8.06. The summed E-state index contributed by atoms with van der Waals surface area (Å²) >= 11 is 0. The number of ether oxygens (including phenoxy) is 1. The van der Waals surface area contributed by atoms with Gasteiger partial charge in [0.25, 0.3) is 5.91 Å². The molecule has 0 N–H and O–H groups in total. The summed E-state index contributed by atoms with van der Waals surface area (Å²) < 4.78 is 11.7. The maximum Gasteiger partial charge on any atom is 0.289 e. The van der Waals surface area contributed by atoms with E-state index in [2.05, 4.69) is 6.92 Å². The number of para-hydroxylation sites is 1. The smallest absolute Gasteiger partial charge is 0.289 e. The van der Waals surface area contributed by atoms with Crippen LogP contribution in [0, 0.1) is 12.8 Å². The molecule has 2 fully saturated rings. The van der Waals surface area contributed by atoms with Crippen molar-refractivity contribution in [2.75, 3.05) is 13.1 Å². The normalized spacial score (nSPS) is 28.1. The lowest BCUT2D eigenvalue weighted by molar-refractivity contribution is 0.00788. The van der Waals surface area contributed by atoms with E-state index >= 15 is 0 Å². The topological polar surface area (TPSA) is 42.7 Å². The third kappa shape index (κ3) is 2.13. The van der Waals surface area contributed by atoms with Gasteiger partial charge in [0.2, 0.25) is 0 Å². The number of furan rings is 1. The predicted octanol–water partition coefficient (Wildman–Crippen LogP) is 3.38. The molecule has 0 spiro atoms. The Morgan fingerprint density at radius 3 is 2.95 bits per heavy atom. The van der Waals surface area contributed by atoms with Gasteiger partial charge >= 0.3 is 0 Å². The maximum atomic E-state index is 12.9. The predicted molar refractivity (Wildman–Crippen MR) is 83.9 cm³/mol. The minimum Gasteiger partial charge on any atom is -0.451 e. The second-order valence-corrected chi connectivity index (χ2v) is 6.57. The van der Waals surface area contributed by atoms with Gasteiger partial charge in [-0.1, -0.05) is 18.2 Å². The first-order valence-electron chi connectivity index (χ1n) is 8.06. The second-order valence-electron chi connectivity index (χ2n) is 6.57. The Kier molecular flexibility index (Phi) is 3.22. The summed E-state index contributed by atoms with van der Waals surface area (Å²) in [6.45, 7) is 5.62. The number of piperidine rings is 1. The molecule has 0 bridgehead atoms. The summed E-state index contributed by atoms with van der Waals surface area (Å²) in [6, 6.07) is 7.83. The molecule has 1 aromatic heterocycles. The summed E-state index contributed by atoms with van der Waals surface area (Å²) in [5, 5.41) is 1.03. The van der Waals surface area contributed by atoms with Gasteiger partial charge in [-0.15, -0.1) is 0 Å². The Morgan fingerprint density at radius 2 is 2.14 bits per heavy atom. The number of fused-ring (bicyclic) bond motifs is 2. The third-order valence-corrected chi connectivity index (χ3v) is 5.03. The molecule has 1 amide bonds. The van der Waals surface area contributed by atoms with Gasteiger partial charge in [0.05, 0.1) is 12.2 Å². The van der Waals surface area contributed by atoms with Crippen molar-refractivity contribution in [1.29, 1.82) is 0 Å². The molecule has 2 aromatic rings. The number of hydrogen-bond acceptors (Lipinski definition) is 3. The van der Waals surface area contributed by atoms with E-state index < -0.39 is 0 Å². The Labute approximate surface area is 130 Å². The van der Waals surface area contributed by atoms with Crippen LogP contribution in [0.5, 0.6) is 0 Å². The molecule has 0 unspecified atom stereocenters. The van der Waals surface area contributed by atoms with Gasteiger partial charge in [0.1, 0.15) is 5.58 Å². The lowest BCUT2D eigenvalue weighted by atomic mass is 9.93. The van der Waals surface area contributed by atoms with Crippen molar-refractivity contribution in [3.63, 3.8) is 0 Å². The van der Waals surface area contributed by atoms with Crippen LogP contribution in [0.3, 0.4) is 0 Å². The molecule has 3 heterocycles. The quantitative estimate of drug-likeness (QED) is 0.810. The molecule has 2 saturated heterocycles. The fourth-order valence-corrected chi connectivity index (χ4v) is 3.90. The van der Waals surface area contributed by atoms with Crippen LogP contribution in [-0.2, 0) is 4.74 Å². The molecule has 4 nitrogen and oxygen atoms in total. The van der Waals surface area contributed by atoms with E-state index in [1.165, 1.54) is 0 Å². The lowest BCUT2D eigenvalue weighted by Gasteiger charge is -2.33. The number of benzene rings is 1. The molecule has 0 saturated carbocycles. The fourth-order valence-electron chi connectivity index (χ4n) is 3.90. The summed E-state index contributed by atoms with van der Waals surface area (Å²) in [6.07, 6.45) is 2.63. The molecule has 0 radical (unpaired) electrons. The van der Waals surface area contributed by atoms with E-state index in [0.29, 0.717) is 23.9 Å². The highest BCUT2D eigenvalue weighted by atomic mass is 16.5. The third-order valence-electron chi connectivity index (χ3n) is 5.03. The van der Waals surface area contributed by atoms with Gasteiger partial charge in [-0.3, -0.25) is 4.79 Å². The first-order chi connectivity index (χ1) is 10.6. The Hall–Kier alpha value is -1.81.